The molecule has 0 fully saturated rings. The lowest BCUT2D eigenvalue weighted by Crippen LogP contribution is -2.30. The summed E-state index contributed by atoms with van der Waals surface area (Å²) in [7, 11) is 0. The molecule has 0 unspecified atom stereocenters. The summed E-state index contributed by atoms with van der Waals surface area (Å²) in [6, 6.07) is 9.33. The Morgan fingerprint density at radius 1 is 1.37 bits per heavy atom. The molecule has 1 aromatic carbocycles. The number of hydrazine groups is 1. The van der Waals surface area contributed by atoms with Gasteiger partial charge >= 0.3 is 0 Å². The van der Waals surface area contributed by atoms with E-state index in [1.807, 2.05) is 30.3 Å². The van der Waals surface area contributed by atoms with Crippen molar-refractivity contribution in [3.8, 4) is 0 Å². The molecule has 0 saturated carbocycles. The highest BCUT2D eigenvalue weighted by atomic mass is 16.4. The average molecular weight is 258 g/mol. The van der Waals surface area contributed by atoms with E-state index in [0.717, 1.165) is 5.56 Å². The first-order valence-corrected chi connectivity index (χ1v) is 5.53. The van der Waals surface area contributed by atoms with E-state index in [0.29, 0.717) is 17.3 Å². The summed E-state index contributed by atoms with van der Waals surface area (Å²) < 4.78 is 5.00. The molecule has 7 nitrogen and oxygen atoms in total. The third-order valence-corrected chi connectivity index (χ3v) is 2.32. The zero-order chi connectivity index (χ0) is 13.7. The van der Waals surface area contributed by atoms with Crippen LogP contribution in [-0.4, -0.2) is 27.7 Å². The maximum atomic E-state index is 5.84. The van der Waals surface area contributed by atoms with Crippen LogP contribution in [-0.2, 0) is 0 Å². The highest BCUT2D eigenvalue weighted by molar-refractivity contribution is 5.97. The van der Waals surface area contributed by atoms with E-state index in [1.54, 1.807) is 0 Å². The fourth-order valence-electron chi connectivity index (χ4n) is 1.43. The molecule has 1 aromatic heterocycles. The number of hydrogen-bond acceptors (Lipinski definition) is 6. The van der Waals surface area contributed by atoms with Crippen molar-refractivity contribution in [3.05, 3.63) is 54.8 Å². The molecule has 2 aromatic rings. The van der Waals surface area contributed by atoms with Crippen LogP contribution in [0.25, 0.3) is 5.57 Å². The van der Waals surface area contributed by atoms with Gasteiger partial charge in [-0.1, -0.05) is 36.9 Å². The van der Waals surface area contributed by atoms with Crippen molar-refractivity contribution in [1.82, 2.24) is 15.3 Å². The Morgan fingerprint density at radius 2 is 2.11 bits per heavy atom. The topological polar surface area (TPSA) is 107 Å². The Balaban J connectivity index is 2.01. The fourth-order valence-corrected chi connectivity index (χ4v) is 1.43. The summed E-state index contributed by atoms with van der Waals surface area (Å²) in [5.74, 6) is 6.38. The SMILES string of the molecule is C=C(CN(N)/N=C(\N)c1ccccc1)c1nnco1. The number of nitrogens with two attached hydrogens (primary N) is 2. The normalized spacial score (nSPS) is 11.3. The van der Waals surface area contributed by atoms with Crippen molar-refractivity contribution in [2.75, 3.05) is 6.54 Å². The number of rotatable bonds is 5. The first-order valence-electron chi connectivity index (χ1n) is 5.53. The summed E-state index contributed by atoms with van der Waals surface area (Å²) >= 11 is 0. The van der Waals surface area contributed by atoms with E-state index >= 15 is 0 Å². The maximum absolute atomic E-state index is 5.84. The van der Waals surface area contributed by atoms with Crippen LogP contribution in [0.5, 0.6) is 0 Å². The maximum Gasteiger partial charge on any atom is 0.244 e. The Morgan fingerprint density at radius 3 is 2.74 bits per heavy atom. The van der Waals surface area contributed by atoms with Crippen LogP contribution in [0, 0.1) is 0 Å². The van der Waals surface area contributed by atoms with Crippen molar-refractivity contribution in [1.29, 1.82) is 0 Å². The van der Waals surface area contributed by atoms with Gasteiger partial charge in [-0.2, -0.15) is 0 Å². The van der Waals surface area contributed by atoms with Crippen LogP contribution < -0.4 is 11.6 Å². The standard InChI is InChI=1S/C12H14N6O/c1-9(12-16-15-8-19-12)7-18(14)17-11(13)10-5-3-2-4-6-10/h2-6,8H,1,7,14H2,(H2,13,17). The Labute approximate surface area is 110 Å². The zero-order valence-electron chi connectivity index (χ0n) is 10.2. The van der Waals surface area contributed by atoms with Gasteiger partial charge in [-0.05, 0) is 0 Å². The Kier molecular flexibility index (Phi) is 3.89. The molecule has 0 aliphatic rings. The predicted molar refractivity (Wildman–Crippen MR) is 71.4 cm³/mol. The van der Waals surface area contributed by atoms with Gasteiger partial charge in [0.2, 0.25) is 12.3 Å². The summed E-state index contributed by atoms with van der Waals surface area (Å²) in [4.78, 5) is 0. The summed E-state index contributed by atoms with van der Waals surface area (Å²) in [6.07, 6.45) is 1.23. The van der Waals surface area contributed by atoms with Crippen molar-refractivity contribution in [3.63, 3.8) is 0 Å². The minimum absolute atomic E-state index is 0.232. The van der Waals surface area contributed by atoms with Crippen LogP contribution in [0.4, 0.5) is 0 Å². The largest absolute Gasteiger partial charge is 0.424 e. The summed E-state index contributed by atoms with van der Waals surface area (Å²) in [5, 5.41) is 12.5. The van der Waals surface area contributed by atoms with Gasteiger partial charge in [-0.3, -0.25) is 0 Å². The Bertz CT molecular complexity index is 563. The molecule has 0 atom stereocenters. The lowest BCUT2D eigenvalue weighted by Gasteiger charge is -2.13. The van der Waals surface area contributed by atoms with E-state index in [2.05, 4.69) is 21.9 Å². The third-order valence-electron chi connectivity index (χ3n) is 2.32. The van der Waals surface area contributed by atoms with Crippen molar-refractivity contribution >= 4 is 11.4 Å². The van der Waals surface area contributed by atoms with Gasteiger partial charge in [0.05, 0.1) is 6.54 Å². The summed E-state index contributed by atoms with van der Waals surface area (Å²) in [5.41, 5.74) is 7.19. The molecule has 0 bridgehead atoms. The molecule has 0 saturated heterocycles. The number of aromatic nitrogens is 2. The molecule has 1 heterocycles. The molecular weight excluding hydrogens is 244 g/mol. The van der Waals surface area contributed by atoms with Gasteiger partial charge < -0.3 is 10.2 Å². The molecule has 0 amide bonds. The van der Waals surface area contributed by atoms with E-state index in [-0.39, 0.29) is 6.54 Å². The number of hydrazone groups is 1. The molecule has 4 N–H and O–H groups in total. The van der Waals surface area contributed by atoms with Gasteiger partial charge in [-0.15, -0.1) is 15.3 Å². The predicted octanol–water partition coefficient (Wildman–Crippen LogP) is 0.579. The van der Waals surface area contributed by atoms with Crippen LogP contribution >= 0.6 is 0 Å². The van der Waals surface area contributed by atoms with Crippen LogP contribution in [0.15, 0.2) is 52.8 Å². The molecule has 0 spiro atoms. The third kappa shape index (κ3) is 3.39. The quantitative estimate of drug-likeness (QED) is 0.351. The molecular formula is C12H14N6O. The summed E-state index contributed by atoms with van der Waals surface area (Å²) in [6.45, 7) is 4.02. The molecule has 0 radical (unpaired) electrons. The van der Waals surface area contributed by atoms with Gasteiger partial charge in [0.1, 0.15) is 0 Å². The lowest BCUT2D eigenvalue weighted by atomic mass is 10.2. The Hall–Kier alpha value is -2.67. The number of hydrogen-bond donors (Lipinski definition) is 2. The molecule has 98 valence electrons. The van der Waals surface area contributed by atoms with Crippen LogP contribution in [0.2, 0.25) is 0 Å². The molecule has 0 aliphatic carbocycles. The van der Waals surface area contributed by atoms with Crippen molar-refractivity contribution in [2.24, 2.45) is 16.7 Å². The van der Waals surface area contributed by atoms with E-state index in [1.165, 1.54) is 11.5 Å². The number of benzene rings is 1. The highest BCUT2D eigenvalue weighted by Crippen LogP contribution is 2.08. The molecule has 0 aliphatic heterocycles. The van der Waals surface area contributed by atoms with Crippen molar-refractivity contribution < 1.29 is 4.42 Å². The second kappa shape index (κ2) is 5.78. The van der Waals surface area contributed by atoms with E-state index < -0.39 is 0 Å². The fraction of sp³-hybridized carbons (Fsp3) is 0.0833. The zero-order valence-corrected chi connectivity index (χ0v) is 10.2. The van der Waals surface area contributed by atoms with Crippen LogP contribution in [0.3, 0.4) is 0 Å². The van der Waals surface area contributed by atoms with Gasteiger partial charge in [0, 0.05) is 11.1 Å². The lowest BCUT2D eigenvalue weighted by molar-refractivity contribution is 0.336. The highest BCUT2D eigenvalue weighted by Gasteiger charge is 2.08. The smallest absolute Gasteiger partial charge is 0.244 e. The number of amidine groups is 1. The monoisotopic (exact) mass is 258 g/mol. The second-order valence-electron chi connectivity index (χ2n) is 3.80. The minimum Gasteiger partial charge on any atom is -0.424 e. The number of nitrogens with zero attached hydrogens (tertiary/aromatic N) is 4. The first-order chi connectivity index (χ1) is 9.16. The van der Waals surface area contributed by atoms with Gasteiger partial charge in [-0.25, -0.2) is 11.0 Å². The average Bonchev–Trinajstić information content (AvgIpc) is 2.93. The van der Waals surface area contributed by atoms with Crippen LogP contribution in [0.1, 0.15) is 11.5 Å². The van der Waals surface area contributed by atoms with Gasteiger partial charge in [0.15, 0.2) is 5.84 Å². The minimum atomic E-state index is 0.232. The van der Waals surface area contributed by atoms with Crippen molar-refractivity contribution in [2.45, 2.75) is 0 Å². The van der Waals surface area contributed by atoms with E-state index in [9.17, 15) is 0 Å². The molecule has 2 rings (SSSR count). The molecule has 19 heavy (non-hydrogen) atoms. The first kappa shape index (κ1) is 12.8. The molecule has 7 heteroatoms. The second-order valence-corrected chi connectivity index (χ2v) is 3.80. The van der Waals surface area contributed by atoms with E-state index in [4.69, 9.17) is 16.0 Å². The van der Waals surface area contributed by atoms with Gasteiger partial charge in [0.25, 0.3) is 0 Å².